The first-order valence-corrected chi connectivity index (χ1v) is 10.6. The number of anilines is 1. The predicted octanol–water partition coefficient (Wildman–Crippen LogP) is 5.05. The van der Waals surface area contributed by atoms with Crippen LogP contribution in [-0.4, -0.2) is 27.7 Å². The Balaban J connectivity index is 1.79. The highest BCUT2D eigenvalue weighted by molar-refractivity contribution is 5.82. The minimum Gasteiger partial charge on any atom is -0.490 e. The third-order valence-corrected chi connectivity index (χ3v) is 4.70. The van der Waals surface area contributed by atoms with E-state index in [0.29, 0.717) is 30.3 Å². The molecule has 2 aromatic carbocycles. The molecule has 11 nitrogen and oxygen atoms in total. The largest absolute Gasteiger partial charge is 0.490 e. The zero-order valence-electron chi connectivity index (χ0n) is 18.9. The van der Waals surface area contributed by atoms with Crippen LogP contribution < -0.4 is 14.9 Å². The zero-order chi connectivity index (χ0) is 25.2. The number of hydrogen-bond acceptors (Lipinski definition) is 9. The molecule has 0 radical (unpaired) electrons. The predicted molar refractivity (Wildman–Crippen MR) is 131 cm³/mol. The Bertz CT molecular complexity index is 1230. The van der Waals surface area contributed by atoms with Crippen molar-refractivity contribution in [2.75, 3.05) is 12.0 Å². The Hall–Kier alpha value is -4.80. The van der Waals surface area contributed by atoms with Gasteiger partial charge in [-0.05, 0) is 54.8 Å². The van der Waals surface area contributed by atoms with Crippen LogP contribution in [0.5, 0.6) is 11.5 Å². The summed E-state index contributed by atoms with van der Waals surface area (Å²) >= 11 is 0. The van der Waals surface area contributed by atoms with E-state index in [9.17, 15) is 20.2 Å². The second-order valence-corrected chi connectivity index (χ2v) is 7.17. The molecular formula is C24H23N5O6. The van der Waals surface area contributed by atoms with E-state index in [1.807, 2.05) is 13.0 Å². The first kappa shape index (κ1) is 24.8. The monoisotopic (exact) mass is 477 g/mol. The van der Waals surface area contributed by atoms with Gasteiger partial charge in [0.25, 0.3) is 11.4 Å². The van der Waals surface area contributed by atoms with Gasteiger partial charge in [0.15, 0.2) is 11.5 Å². The van der Waals surface area contributed by atoms with Crippen LogP contribution in [0.1, 0.15) is 23.6 Å². The molecule has 0 fully saturated rings. The van der Waals surface area contributed by atoms with Crippen molar-refractivity contribution in [2.45, 2.75) is 20.0 Å². The molecule has 0 aliphatic carbocycles. The average Bonchev–Trinajstić information content (AvgIpc) is 2.84. The van der Waals surface area contributed by atoms with Crippen molar-refractivity contribution in [3.63, 3.8) is 0 Å². The van der Waals surface area contributed by atoms with Gasteiger partial charge in [0.05, 0.1) is 22.7 Å². The molecule has 0 amide bonds. The third kappa shape index (κ3) is 6.84. The van der Waals surface area contributed by atoms with Crippen molar-refractivity contribution in [3.05, 3.63) is 104 Å². The molecule has 11 heteroatoms. The Morgan fingerprint density at radius 3 is 2.37 bits per heavy atom. The summed E-state index contributed by atoms with van der Waals surface area (Å²) in [5.41, 5.74) is 4.95. The van der Waals surface area contributed by atoms with Gasteiger partial charge < -0.3 is 9.47 Å². The van der Waals surface area contributed by atoms with Crippen LogP contribution in [-0.2, 0) is 13.0 Å². The maximum absolute atomic E-state index is 10.9. The molecule has 0 aliphatic rings. The lowest BCUT2D eigenvalue weighted by Gasteiger charge is -2.17. The van der Waals surface area contributed by atoms with Crippen LogP contribution in [0.3, 0.4) is 0 Å². The molecule has 0 saturated heterocycles. The highest BCUT2D eigenvalue weighted by atomic mass is 16.6. The molecule has 3 aromatic rings. The smallest absolute Gasteiger partial charge is 0.287 e. The molecule has 180 valence electrons. The van der Waals surface area contributed by atoms with Crippen molar-refractivity contribution >= 4 is 23.4 Å². The average molecular weight is 477 g/mol. The number of hydrazone groups is 1. The SMILES string of the molecule is C=CCc1cc(/C=N/Nc2ccc([N+](=O)[O-])cn2)cc(OCC)c1OCc1ccc([N+](=O)[O-])cc1. The van der Waals surface area contributed by atoms with E-state index in [-0.39, 0.29) is 18.0 Å². The van der Waals surface area contributed by atoms with E-state index in [4.69, 9.17) is 9.47 Å². The topological polar surface area (TPSA) is 142 Å². The number of ether oxygens (including phenoxy) is 2. The van der Waals surface area contributed by atoms with Crippen LogP contribution in [0.15, 0.2) is 72.5 Å². The van der Waals surface area contributed by atoms with Gasteiger partial charge >= 0.3 is 0 Å². The van der Waals surface area contributed by atoms with Crippen molar-refractivity contribution in [2.24, 2.45) is 5.10 Å². The van der Waals surface area contributed by atoms with Gasteiger partial charge in [0, 0.05) is 23.8 Å². The van der Waals surface area contributed by atoms with Crippen LogP contribution in [0.25, 0.3) is 0 Å². The molecule has 0 atom stereocenters. The molecule has 1 N–H and O–H groups in total. The summed E-state index contributed by atoms with van der Waals surface area (Å²) in [6.45, 7) is 6.27. The molecule has 0 unspecified atom stereocenters. The number of non-ortho nitro benzene ring substituents is 1. The molecule has 1 aromatic heterocycles. The number of nitro groups is 2. The van der Waals surface area contributed by atoms with Gasteiger partial charge in [-0.15, -0.1) is 6.58 Å². The molecular weight excluding hydrogens is 454 g/mol. The number of nitro benzene ring substituents is 1. The van der Waals surface area contributed by atoms with E-state index in [1.54, 1.807) is 30.5 Å². The maximum Gasteiger partial charge on any atom is 0.287 e. The minimum absolute atomic E-state index is 0.0114. The van der Waals surface area contributed by atoms with Gasteiger partial charge in [-0.1, -0.05) is 6.08 Å². The van der Waals surface area contributed by atoms with Crippen LogP contribution in [0.2, 0.25) is 0 Å². The van der Waals surface area contributed by atoms with Crippen LogP contribution >= 0.6 is 0 Å². The van der Waals surface area contributed by atoms with Crippen molar-refractivity contribution in [3.8, 4) is 11.5 Å². The summed E-state index contributed by atoms with van der Waals surface area (Å²) in [6.07, 6.45) is 4.96. The molecule has 3 rings (SSSR count). The summed E-state index contributed by atoms with van der Waals surface area (Å²) in [5.74, 6) is 1.42. The molecule has 1 heterocycles. The van der Waals surface area contributed by atoms with Gasteiger partial charge in [-0.2, -0.15) is 5.10 Å². The second kappa shape index (κ2) is 11.9. The van der Waals surface area contributed by atoms with Crippen molar-refractivity contribution in [1.29, 1.82) is 0 Å². The highest BCUT2D eigenvalue weighted by Crippen LogP contribution is 2.34. The summed E-state index contributed by atoms with van der Waals surface area (Å²) < 4.78 is 11.8. The summed E-state index contributed by atoms with van der Waals surface area (Å²) in [5, 5.41) is 25.7. The Morgan fingerprint density at radius 2 is 1.77 bits per heavy atom. The van der Waals surface area contributed by atoms with Gasteiger partial charge in [0.1, 0.15) is 18.6 Å². The van der Waals surface area contributed by atoms with Gasteiger partial charge in [-0.3, -0.25) is 25.7 Å². The fourth-order valence-corrected chi connectivity index (χ4v) is 3.09. The molecule has 0 saturated carbocycles. The third-order valence-electron chi connectivity index (χ3n) is 4.70. The van der Waals surface area contributed by atoms with Crippen LogP contribution in [0.4, 0.5) is 17.2 Å². The number of benzene rings is 2. The standard InChI is InChI=1S/C24H23N5O6/c1-3-5-19-12-18(14-26-27-23-11-10-21(15-25-23)29(32)33)13-22(34-4-2)24(19)35-16-17-6-8-20(9-7-17)28(30)31/h3,6-15H,1,4-5,16H2,2H3,(H,25,27)/b26-14+. The summed E-state index contributed by atoms with van der Waals surface area (Å²) in [4.78, 5) is 24.6. The fraction of sp³-hybridized carbons (Fsp3) is 0.167. The first-order valence-electron chi connectivity index (χ1n) is 10.6. The number of pyridine rings is 1. The van der Waals surface area contributed by atoms with E-state index in [2.05, 4.69) is 22.1 Å². The summed E-state index contributed by atoms with van der Waals surface area (Å²) in [7, 11) is 0. The lowest BCUT2D eigenvalue weighted by molar-refractivity contribution is -0.385. The quantitative estimate of drug-likeness (QED) is 0.165. The Morgan fingerprint density at radius 1 is 1.06 bits per heavy atom. The van der Waals surface area contributed by atoms with Crippen molar-refractivity contribution < 1.29 is 19.3 Å². The van der Waals surface area contributed by atoms with E-state index < -0.39 is 9.85 Å². The number of allylic oxidation sites excluding steroid dienone is 1. The Kier molecular flexibility index (Phi) is 8.43. The first-order chi connectivity index (χ1) is 16.9. The lowest BCUT2D eigenvalue weighted by atomic mass is 10.1. The lowest BCUT2D eigenvalue weighted by Crippen LogP contribution is -2.04. The van der Waals surface area contributed by atoms with Crippen LogP contribution in [0, 0.1) is 20.2 Å². The van der Waals surface area contributed by atoms with E-state index in [0.717, 1.165) is 22.9 Å². The number of hydrogen-bond donors (Lipinski definition) is 1. The van der Waals surface area contributed by atoms with Gasteiger partial charge in [-0.25, -0.2) is 4.98 Å². The molecule has 0 bridgehead atoms. The van der Waals surface area contributed by atoms with E-state index >= 15 is 0 Å². The summed E-state index contributed by atoms with van der Waals surface area (Å²) in [6, 6.07) is 12.6. The number of nitrogens with one attached hydrogen (secondary N) is 1. The van der Waals surface area contributed by atoms with E-state index in [1.165, 1.54) is 24.3 Å². The number of aromatic nitrogens is 1. The molecule has 0 aliphatic heterocycles. The Labute approximate surface area is 201 Å². The maximum atomic E-state index is 10.9. The second-order valence-electron chi connectivity index (χ2n) is 7.17. The number of rotatable bonds is 12. The van der Waals surface area contributed by atoms with Gasteiger partial charge in [0.2, 0.25) is 0 Å². The highest BCUT2D eigenvalue weighted by Gasteiger charge is 2.14. The normalized spacial score (nSPS) is 10.7. The minimum atomic E-state index is -0.526. The molecule has 35 heavy (non-hydrogen) atoms. The van der Waals surface area contributed by atoms with Crippen molar-refractivity contribution in [1.82, 2.24) is 4.98 Å². The molecule has 0 spiro atoms. The zero-order valence-corrected chi connectivity index (χ0v) is 18.9. The fourth-order valence-electron chi connectivity index (χ4n) is 3.09. The number of nitrogens with zero attached hydrogens (tertiary/aromatic N) is 4.